The van der Waals surface area contributed by atoms with Crippen molar-refractivity contribution >= 4 is 33.4 Å². The van der Waals surface area contributed by atoms with Crippen molar-refractivity contribution in [2.24, 2.45) is 5.92 Å². The summed E-state index contributed by atoms with van der Waals surface area (Å²) < 4.78 is 0.744. The van der Waals surface area contributed by atoms with Crippen LogP contribution in [0.2, 0.25) is 5.02 Å². The lowest BCUT2D eigenvalue weighted by Crippen LogP contribution is -2.25. The predicted octanol–water partition coefficient (Wildman–Crippen LogP) is 4.41. The molecule has 18 heavy (non-hydrogen) atoms. The van der Waals surface area contributed by atoms with E-state index in [0.29, 0.717) is 10.6 Å². The molecule has 98 valence electrons. The van der Waals surface area contributed by atoms with Gasteiger partial charge in [-0.1, -0.05) is 37.3 Å². The third kappa shape index (κ3) is 3.72. The van der Waals surface area contributed by atoms with Crippen LogP contribution < -0.4 is 5.32 Å². The lowest BCUT2D eigenvalue weighted by molar-refractivity contribution is 0.0950. The van der Waals surface area contributed by atoms with Crippen molar-refractivity contribution in [3.63, 3.8) is 0 Å². The van der Waals surface area contributed by atoms with Crippen LogP contribution in [0.15, 0.2) is 22.7 Å². The molecule has 1 fully saturated rings. The van der Waals surface area contributed by atoms with Gasteiger partial charge in [-0.05, 0) is 46.5 Å². The maximum Gasteiger partial charge on any atom is 0.252 e. The first kappa shape index (κ1) is 13.9. The van der Waals surface area contributed by atoms with Crippen LogP contribution in [0.25, 0.3) is 0 Å². The third-order valence-corrected chi connectivity index (χ3v) is 4.38. The molecule has 1 N–H and O–H groups in total. The number of rotatable bonds is 4. The topological polar surface area (TPSA) is 29.1 Å². The van der Waals surface area contributed by atoms with E-state index >= 15 is 0 Å². The molecule has 4 heteroatoms. The number of benzene rings is 1. The van der Waals surface area contributed by atoms with Crippen LogP contribution in [0.1, 0.15) is 42.5 Å². The van der Waals surface area contributed by atoms with Crippen molar-refractivity contribution in [1.82, 2.24) is 5.32 Å². The SMILES string of the molecule is O=C(NCCC1CCCC1)c1ccc(Cl)cc1Br. The molecule has 1 saturated carbocycles. The second-order valence-electron chi connectivity index (χ2n) is 4.82. The Labute approximate surface area is 121 Å². The average molecular weight is 331 g/mol. The molecule has 1 aromatic rings. The molecule has 1 aliphatic rings. The summed E-state index contributed by atoms with van der Waals surface area (Å²) in [5.41, 5.74) is 0.644. The van der Waals surface area contributed by atoms with Gasteiger partial charge in [0.05, 0.1) is 5.56 Å². The number of carbonyl (C=O) groups excluding carboxylic acids is 1. The fourth-order valence-electron chi connectivity index (χ4n) is 2.46. The van der Waals surface area contributed by atoms with E-state index in [1.54, 1.807) is 18.2 Å². The minimum Gasteiger partial charge on any atom is -0.352 e. The fraction of sp³-hybridized carbons (Fsp3) is 0.500. The molecule has 2 nitrogen and oxygen atoms in total. The van der Waals surface area contributed by atoms with Gasteiger partial charge in [0.1, 0.15) is 0 Å². The highest BCUT2D eigenvalue weighted by molar-refractivity contribution is 9.10. The van der Waals surface area contributed by atoms with Gasteiger partial charge in [-0.3, -0.25) is 4.79 Å². The minimum atomic E-state index is -0.0310. The summed E-state index contributed by atoms with van der Waals surface area (Å²) in [5, 5.41) is 3.60. The zero-order valence-corrected chi connectivity index (χ0v) is 12.6. The molecule has 0 radical (unpaired) electrons. The molecule has 1 amide bonds. The fourth-order valence-corrected chi connectivity index (χ4v) is 3.32. The molecule has 1 aliphatic carbocycles. The molecule has 2 rings (SSSR count). The van der Waals surface area contributed by atoms with Crippen molar-refractivity contribution in [1.29, 1.82) is 0 Å². The van der Waals surface area contributed by atoms with Crippen LogP contribution in [0, 0.1) is 5.92 Å². The maximum absolute atomic E-state index is 12.0. The van der Waals surface area contributed by atoms with E-state index in [1.165, 1.54) is 25.7 Å². The van der Waals surface area contributed by atoms with Gasteiger partial charge in [0.15, 0.2) is 0 Å². The molecule has 0 atom stereocenters. The number of nitrogens with one attached hydrogen (secondary N) is 1. The van der Waals surface area contributed by atoms with E-state index in [0.717, 1.165) is 23.4 Å². The van der Waals surface area contributed by atoms with E-state index in [4.69, 9.17) is 11.6 Å². The predicted molar refractivity (Wildman–Crippen MR) is 78.1 cm³/mol. The van der Waals surface area contributed by atoms with Crippen molar-refractivity contribution in [3.05, 3.63) is 33.3 Å². The second-order valence-corrected chi connectivity index (χ2v) is 6.11. The summed E-state index contributed by atoms with van der Waals surface area (Å²) in [6, 6.07) is 5.23. The number of hydrogen-bond acceptors (Lipinski definition) is 1. The van der Waals surface area contributed by atoms with Crippen LogP contribution >= 0.6 is 27.5 Å². The molecule has 0 unspecified atom stereocenters. The van der Waals surface area contributed by atoms with Gasteiger partial charge in [0.2, 0.25) is 0 Å². The maximum atomic E-state index is 12.0. The van der Waals surface area contributed by atoms with E-state index in [-0.39, 0.29) is 5.91 Å². The summed E-state index contributed by atoms with van der Waals surface area (Å²) in [6.45, 7) is 0.762. The molecule has 0 aliphatic heterocycles. The molecule has 1 aromatic carbocycles. The average Bonchev–Trinajstić information content (AvgIpc) is 2.81. The molecule has 0 saturated heterocycles. The van der Waals surface area contributed by atoms with Gasteiger partial charge in [0.25, 0.3) is 5.91 Å². The molecule has 0 aromatic heterocycles. The first-order valence-corrected chi connectivity index (χ1v) is 7.57. The first-order chi connectivity index (χ1) is 8.66. The number of hydrogen-bond donors (Lipinski definition) is 1. The molecule has 0 heterocycles. The van der Waals surface area contributed by atoms with Gasteiger partial charge < -0.3 is 5.32 Å². The highest BCUT2D eigenvalue weighted by atomic mass is 79.9. The second kappa shape index (κ2) is 6.58. The normalized spacial score (nSPS) is 15.9. The van der Waals surface area contributed by atoms with Crippen molar-refractivity contribution in [3.8, 4) is 0 Å². The Morgan fingerprint density at radius 3 is 2.78 bits per heavy atom. The Bertz CT molecular complexity index is 430. The lowest BCUT2D eigenvalue weighted by atomic mass is 10.0. The van der Waals surface area contributed by atoms with Crippen molar-refractivity contribution in [2.45, 2.75) is 32.1 Å². The van der Waals surface area contributed by atoms with E-state index < -0.39 is 0 Å². The number of amides is 1. The highest BCUT2D eigenvalue weighted by Crippen LogP contribution is 2.27. The number of carbonyl (C=O) groups is 1. The van der Waals surface area contributed by atoms with Gasteiger partial charge >= 0.3 is 0 Å². The van der Waals surface area contributed by atoms with Crippen LogP contribution in [0.5, 0.6) is 0 Å². The van der Waals surface area contributed by atoms with Crippen LogP contribution in [-0.4, -0.2) is 12.5 Å². The van der Waals surface area contributed by atoms with E-state index in [9.17, 15) is 4.79 Å². The standard InChI is InChI=1S/C14H17BrClNO/c15-13-9-11(16)5-6-12(13)14(18)17-8-7-10-3-1-2-4-10/h5-6,9-10H,1-4,7-8H2,(H,17,18). The van der Waals surface area contributed by atoms with Crippen LogP contribution in [0.3, 0.4) is 0 Å². The van der Waals surface area contributed by atoms with Gasteiger partial charge in [-0.15, -0.1) is 0 Å². The van der Waals surface area contributed by atoms with Crippen molar-refractivity contribution < 1.29 is 4.79 Å². The smallest absolute Gasteiger partial charge is 0.252 e. The van der Waals surface area contributed by atoms with Crippen LogP contribution in [0.4, 0.5) is 0 Å². The zero-order chi connectivity index (χ0) is 13.0. The zero-order valence-electron chi connectivity index (χ0n) is 10.2. The lowest BCUT2D eigenvalue weighted by Gasteiger charge is -2.10. The quantitative estimate of drug-likeness (QED) is 0.870. The van der Waals surface area contributed by atoms with Gasteiger partial charge in [0, 0.05) is 16.0 Å². The molecular formula is C14H17BrClNO. The highest BCUT2D eigenvalue weighted by Gasteiger charge is 2.15. The minimum absolute atomic E-state index is 0.0310. The number of halogens is 2. The summed E-state index contributed by atoms with van der Waals surface area (Å²) in [6.07, 6.45) is 6.43. The van der Waals surface area contributed by atoms with Crippen molar-refractivity contribution in [2.75, 3.05) is 6.54 Å². The van der Waals surface area contributed by atoms with E-state index in [1.807, 2.05) is 0 Å². The monoisotopic (exact) mass is 329 g/mol. The molecular weight excluding hydrogens is 314 g/mol. The van der Waals surface area contributed by atoms with E-state index in [2.05, 4.69) is 21.2 Å². The largest absolute Gasteiger partial charge is 0.352 e. The van der Waals surface area contributed by atoms with Crippen LogP contribution in [-0.2, 0) is 0 Å². The molecule has 0 bridgehead atoms. The third-order valence-electron chi connectivity index (χ3n) is 3.49. The Balaban J connectivity index is 1.83. The Morgan fingerprint density at radius 1 is 1.39 bits per heavy atom. The first-order valence-electron chi connectivity index (χ1n) is 6.40. The Kier molecular flexibility index (Phi) is 5.07. The summed E-state index contributed by atoms with van der Waals surface area (Å²) in [4.78, 5) is 12.0. The van der Waals surface area contributed by atoms with Gasteiger partial charge in [-0.25, -0.2) is 0 Å². The summed E-state index contributed by atoms with van der Waals surface area (Å²) in [5.74, 6) is 0.774. The van der Waals surface area contributed by atoms with Gasteiger partial charge in [-0.2, -0.15) is 0 Å². The molecule has 0 spiro atoms. The Morgan fingerprint density at radius 2 is 2.11 bits per heavy atom. The summed E-state index contributed by atoms with van der Waals surface area (Å²) in [7, 11) is 0. The Hall–Kier alpha value is -0.540. The summed E-state index contributed by atoms with van der Waals surface area (Å²) >= 11 is 9.21.